The van der Waals surface area contributed by atoms with E-state index in [9.17, 15) is 9.59 Å². The third-order valence-electron chi connectivity index (χ3n) is 1.86. The van der Waals surface area contributed by atoms with E-state index < -0.39 is 12.7 Å². The second kappa shape index (κ2) is 6.64. The lowest BCUT2D eigenvalue weighted by Gasteiger charge is -2.26. The van der Waals surface area contributed by atoms with Gasteiger partial charge in [0.2, 0.25) is 0 Å². The summed E-state index contributed by atoms with van der Waals surface area (Å²) in [6.07, 6.45) is -0.650. The van der Waals surface area contributed by atoms with Crippen molar-refractivity contribution in [3.05, 3.63) is 0 Å². The number of Topliss-reactive ketones (excluding diaryl/α,β-unsaturated/α-hetero) is 1. The number of rotatable bonds is 7. The highest BCUT2D eigenvalue weighted by atomic mass is 16.3. The number of aliphatic hydroxyl groups is 2. The second-order valence-corrected chi connectivity index (χ2v) is 3.42. The van der Waals surface area contributed by atoms with Gasteiger partial charge in [-0.3, -0.25) is 9.69 Å². The van der Waals surface area contributed by atoms with Crippen LogP contribution in [0, 0.1) is 0 Å². The number of ketones is 1. The Balaban J connectivity index is 4.15. The molecule has 0 rings (SSSR count). The fraction of sp³-hybridized carbons (Fsp3) is 0.778. The van der Waals surface area contributed by atoms with E-state index in [1.165, 1.54) is 0 Å². The van der Waals surface area contributed by atoms with Crippen LogP contribution < -0.4 is 0 Å². The SMILES string of the molecule is CC(C)N(CC(=O)CO)CC(O)C=O. The van der Waals surface area contributed by atoms with Crippen molar-refractivity contribution in [2.45, 2.75) is 26.0 Å². The molecule has 0 bridgehead atoms. The predicted molar refractivity (Wildman–Crippen MR) is 50.9 cm³/mol. The summed E-state index contributed by atoms with van der Waals surface area (Å²) in [5.41, 5.74) is 0. The molecule has 5 nitrogen and oxygen atoms in total. The van der Waals surface area contributed by atoms with Crippen LogP contribution in [0.15, 0.2) is 0 Å². The standard InChI is InChI=1S/C9H17NO4/c1-7(2)10(3-8(13)5-11)4-9(14)6-12/h5,7-8,12-13H,3-4,6H2,1-2H3. The molecule has 0 aromatic carbocycles. The van der Waals surface area contributed by atoms with Crippen LogP contribution in [0.5, 0.6) is 0 Å². The Bertz CT molecular complexity index is 193. The molecule has 0 aliphatic heterocycles. The zero-order valence-electron chi connectivity index (χ0n) is 8.51. The quantitative estimate of drug-likeness (QED) is 0.509. The molecule has 2 N–H and O–H groups in total. The molecule has 0 amide bonds. The molecule has 0 spiro atoms. The lowest BCUT2D eigenvalue weighted by Crippen LogP contribution is -2.42. The number of hydrogen-bond acceptors (Lipinski definition) is 5. The molecule has 1 unspecified atom stereocenters. The number of carbonyl (C=O) groups excluding carboxylic acids is 2. The molecule has 14 heavy (non-hydrogen) atoms. The third kappa shape index (κ3) is 5.06. The van der Waals surface area contributed by atoms with Gasteiger partial charge in [0.1, 0.15) is 19.0 Å². The highest BCUT2D eigenvalue weighted by Crippen LogP contribution is 1.99. The number of nitrogens with zero attached hydrogens (tertiary/aromatic N) is 1. The summed E-state index contributed by atoms with van der Waals surface area (Å²) in [6, 6.07) is 0.0418. The van der Waals surface area contributed by atoms with E-state index in [1.807, 2.05) is 13.8 Å². The van der Waals surface area contributed by atoms with Crippen LogP contribution in [-0.2, 0) is 9.59 Å². The number of hydrogen-bond donors (Lipinski definition) is 2. The van der Waals surface area contributed by atoms with Crippen molar-refractivity contribution in [1.82, 2.24) is 4.90 Å². The van der Waals surface area contributed by atoms with Gasteiger partial charge in [0.25, 0.3) is 0 Å². The van der Waals surface area contributed by atoms with Crippen LogP contribution in [-0.4, -0.2) is 59.0 Å². The summed E-state index contributed by atoms with van der Waals surface area (Å²) in [5, 5.41) is 17.6. The van der Waals surface area contributed by atoms with E-state index in [4.69, 9.17) is 10.2 Å². The predicted octanol–water partition coefficient (Wildman–Crippen LogP) is -1.18. The van der Waals surface area contributed by atoms with E-state index in [2.05, 4.69) is 0 Å². The van der Waals surface area contributed by atoms with Gasteiger partial charge in [0, 0.05) is 12.6 Å². The third-order valence-corrected chi connectivity index (χ3v) is 1.86. The smallest absolute Gasteiger partial charge is 0.172 e. The molecule has 0 radical (unpaired) electrons. The molecule has 1 atom stereocenters. The molecule has 0 aliphatic rings. The molecule has 0 aromatic rings. The van der Waals surface area contributed by atoms with Gasteiger partial charge in [0.15, 0.2) is 5.78 Å². The van der Waals surface area contributed by atoms with Crippen LogP contribution in [0.1, 0.15) is 13.8 Å². The van der Waals surface area contributed by atoms with Crippen molar-refractivity contribution < 1.29 is 19.8 Å². The van der Waals surface area contributed by atoms with Crippen molar-refractivity contribution in [3.8, 4) is 0 Å². The minimum Gasteiger partial charge on any atom is -0.389 e. The fourth-order valence-corrected chi connectivity index (χ4v) is 1.02. The topological polar surface area (TPSA) is 77.8 Å². The zero-order chi connectivity index (χ0) is 11.1. The van der Waals surface area contributed by atoms with Crippen molar-refractivity contribution in [2.24, 2.45) is 0 Å². The summed E-state index contributed by atoms with van der Waals surface area (Å²) in [5.74, 6) is -0.322. The lowest BCUT2D eigenvalue weighted by atomic mass is 10.2. The number of aldehydes is 1. The molecule has 0 saturated heterocycles. The van der Waals surface area contributed by atoms with E-state index in [-0.39, 0.29) is 24.9 Å². The first-order chi connectivity index (χ1) is 6.51. The molecule has 0 fully saturated rings. The summed E-state index contributed by atoms with van der Waals surface area (Å²) in [7, 11) is 0. The maximum Gasteiger partial charge on any atom is 0.172 e. The number of aliphatic hydroxyl groups excluding tert-OH is 2. The lowest BCUT2D eigenvalue weighted by molar-refractivity contribution is -0.125. The van der Waals surface area contributed by atoms with Crippen molar-refractivity contribution in [1.29, 1.82) is 0 Å². The highest BCUT2D eigenvalue weighted by Gasteiger charge is 2.16. The summed E-state index contributed by atoms with van der Waals surface area (Å²) in [6.45, 7) is 3.36. The van der Waals surface area contributed by atoms with Gasteiger partial charge in [-0.25, -0.2) is 0 Å². The first-order valence-electron chi connectivity index (χ1n) is 4.51. The Morgan fingerprint density at radius 3 is 2.43 bits per heavy atom. The van der Waals surface area contributed by atoms with Crippen molar-refractivity contribution in [3.63, 3.8) is 0 Å². The van der Waals surface area contributed by atoms with Crippen LogP contribution in [0.4, 0.5) is 0 Å². The normalized spacial score (nSPS) is 13.3. The molecular formula is C9H17NO4. The van der Waals surface area contributed by atoms with E-state index in [0.29, 0.717) is 6.29 Å². The Labute approximate surface area is 83.3 Å². The minimum absolute atomic E-state index is 0.0418. The van der Waals surface area contributed by atoms with Gasteiger partial charge in [-0.1, -0.05) is 0 Å². The molecule has 0 aliphatic carbocycles. The maximum absolute atomic E-state index is 10.9. The van der Waals surface area contributed by atoms with Gasteiger partial charge in [-0.15, -0.1) is 0 Å². The van der Waals surface area contributed by atoms with Crippen LogP contribution in [0.3, 0.4) is 0 Å². The molecule has 5 heteroatoms. The summed E-state index contributed by atoms with van der Waals surface area (Å²) in [4.78, 5) is 22.8. The molecular weight excluding hydrogens is 186 g/mol. The summed E-state index contributed by atoms with van der Waals surface area (Å²) >= 11 is 0. The van der Waals surface area contributed by atoms with Crippen molar-refractivity contribution >= 4 is 12.1 Å². The monoisotopic (exact) mass is 203 g/mol. The second-order valence-electron chi connectivity index (χ2n) is 3.42. The molecule has 0 saturated carbocycles. The Morgan fingerprint density at radius 1 is 1.50 bits per heavy atom. The van der Waals surface area contributed by atoms with Crippen LogP contribution >= 0.6 is 0 Å². The molecule has 82 valence electrons. The first-order valence-corrected chi connectivity index (χ1v) is 4.51. The van der Waals surface area contributed by atoms with Gasteiger partial charge in [-0.05, 0) is 13.8 Å². The molecule has 0 heterocycles. The minimum atomic E-state index is -1.08. The Kier molecular flexibility index (Phi) is 6.27. The average molecular weight is 203 g/mol. The van der Waals surface area contributed by atoms with E-state index >= 15 is 0 Å². The van der Waals surface area contributed by atoms with Crippen LogP contribution in [0.2, 0.25) is 0 Å². The first kappa shape index (κ1) is 13.2. The fourth-order valence-electron chi connectivity index (χ4n) is 1.02. The van der Waals surface area contributed by atoms with Crippen molar-refractivity contribution in [2.75, 3.05) is 19.7 Å². The maximum atomic E-state index is 10.9. The Morgan fingerprint density at radius 2 is 2.07 bits per heavy atom. The van der Waals surface area contributed by atoms with Gasteiger partial charge in [0.05, 0.1) is 6.54 Å². The largest absolute Gasteiger partial charge is 0.389 e. The summed E-state index contributed by atoms with van der Waals surface area (Å²) < 4.78 is 0. The molecule has 0 aromatic heterocycles. The van der Waals surface area contributed by atoms with Gasteiger partial charge < -0.3 is 15.0 Å². The Hall–Kier alpha value is -0.780. The van der Waals surface area contributed by atoms with Gasteiger partial charge >= 0.3 is 0 Å². The number of carbonyl (C=O) groups is 2. The zero-order valence-corrected chi connectivity index (χ0v) is 8.51. The van der Waals surface area contributed by atoms with Crippen LogP contribution in [0.25, 0.3) is 0 Å². The highest BCUT2D eigenvalue weighted by molar-refractivity contribution is 5.81. The van der Waals surface area contributed by atoms with Gasteiger partial charge in [-0.2, -0.15) is 0 Å². The van der Waals surface area contributed by atoms with E-state index in [0.717, 1.165) is 0 Å². The average Bonchev–Trinajstić information content (AvgIpc) is 2.16. The van der Waals surface area contributed by atoms with E-state index in [1.54, 1.807) is 4.90 Å².